The first-order valence-corrected chi connectivity index (χ1v) is 6.54. The van der Waals surface area contributed by atoms with Gasteiger partial charge in [-0.15, -0.1) is 0 Å². The van der Waals surface area contributed by atoms with Gasteiger partial charge in [-0.3, -0.25) is 9.78 Å². The van der Waals surface area contributed by atoms with Crippen LogP contribution in [0.3, 0.4) is 0 Å². The number of rotatable bonds is 3. The van der Waals surface area contributed by atoms with Crippen LogP contribution in [-0.2, 0) is 9.53 Å². The van der Waals surface area contributed by atoms with Crippen LogP contribution in [0.1, 0.15) is 35.8 Å². The molecule has 0 aliphatic carbocycles. The molecule has 1 unspecified atom stereocenters. The highest BCUT2D eigenvalue weighted by Gasteiger charge is 2.35. The molecule has 0 spiro atoms. The normalized spacial score (nSPS) is 18.4. The Labute approximate surface area is 112 Å². The van der Waals surface area contributed by atoms with Gasteiger partial charge >= 0.3 is 5.97 Å². The Hall–Kier alpha value is -1.91. The molecule has 1 aliphatic rings. The number of aromatic nitrogens is 1. The van der Waals surface area contributed by atoms with E-state index in [0.29, 0.717) is 30.8 Å². The molecule has 2 heterocycles. The van der Waals surface area contributed by atoms with Crippen LogP contribution in [0.15, 0.2) is 18.3 Å². The first kappa shape index (κ1) is 13.5. The summed E-state index contributed by atoms with van der Waals surface area (Å²) in [7, 11) is 0. The molecular weight excluding hydrogens is 244 g/mol. The van der Waals surface area contributed by atoms with Crippen molar-refractivity contribution in [1.29, 1.82) is 0 Å². The minimum Gasteiger partial charge on any atom is -0.464 e. The van der Waals surface area contributed by atoms with Crippen LogP contribution >= 0.6 is 0 Å². The van der Waals surface area contributed by atoms with E-state index in [0.717, 1.165) is 6.42 Å². The summed E-state index contributed by atoms with van der Waals surface area (Å²) in [4.78, 5) is 30.0. The van der Waals surface area contributed by atoms with Crippen LogP contribution in [0.5, 0.6) is 0 Å². The van der Waals surface area contributed by atoms with E-state index in [1.807, 2.05) is 0 Å². The monoisotopic (exact) mass is 262 g/mol. The summed E-state index contributed by atoms with van der Waals surface area (Å²) in [6.07, 6.45) is 3.15. The van der Waals surface area contributed by atoms with Crippen molar-refractivity contribution in [2.75, 3.05) is 13.2 Å². The Morgan fingerprint density at radius 2 is 2.32 bits per heavy atom. The number of carbonyl (C=O) groups excluding carboxylic acids is 2. The molecule has 0 N–H and O–H groups in total. The number of esters is 1. The lowest BCUT2D eigenvalue weighted by atomic mass is 10.1. The molecule has 19 heavy (non-hydrogen) atoms. The van der Waals surface area contributed by atoms with Crippen molar-refractivity contribution in [2.24, 2.45) is 0 Å². The van der Waals surface area contributed by atoms with Gasteiger partial charge in [-0.05, 0) is 38.8 Å². The molecule has 1 saturated heterocycles. The predicted molar refractivity (Wildman–Crippen MR) is 69.7 cm³/mol. The number of nitrogens with zero attached hydrogens (tertiary/aromatic N) is 2. The lowest BCUT2D eigenvalue weighted by Crippen LogP contribution is -2.41. The van der Waals surface area contributed by atoms with Gasteiger partial charge in [-0.25, -0.2) is 4.79 Å². The Morgan fingerprint density at radius 3 is 3.00 bits per heavy atom. The molecular formula is C14H18N2O3. The number of likely N-dealkylation sites (tertiary alicyclic amines) is 1. The van der Waals surface area contributed by atoms with E-state index in [2.05, 4.69) is 4.98 Å². The van der Waals surface area contributed by atoms with Crippen molar-refractivity contribution in [3.8, 4) is 0 Å². The molecule has 2 rings (SSSR count). The maximum absolute atomic E-state index is 12.5. The molecule has 0 saturated carbocycles. The summed E-state index contributed by atoms with van der Waals surface area (Å²) in [5.41, 5.74) is 1.24. The van der Waals surface area contributed by atoms with E-state index < -0.39 is 6.04 Å². The summed E-state index contributed by atoms with van der Waals surface area (Å²) in [5.74, 6) is -0.448. The van der Waals surface area contributed by atoms with Gasteiger partial charge < -0.3 is 9.64 Å². The fourth-order valence-electron chi connectivity index (χ4n) is 2.36. The molecule has 102 valence electrons. The first-order valence-electron chi connectivity index (χ1n) is 6.54. The van der Waals surface area contributed by atoms with Crippen molar-refractivity contribution in [2.45, 2.75) is 32.7 Å². The largest absolute Gasteiger partial charge is 0.464 e. The molecule has 1 atom stereocenters. The number of amides is 1. The van der Waals surface area contributed by atoms with Gasteiger partial charge in [0, 0.05) is 18.4 Å². The van der Waals surface area contributed by atoms with Crippen molar-refractivity contribution in [1.82, 2.24) is 9.88 Å². The number of aryl methyl sites for hydroxylation is 1. The molecule has 0 bridgehead atoms. The predicted octanol–water partition coefficient (Wildman–Crippen LogP) is 1.56. The van der Waals surface area contributed by atoms with E-state index in [1.54, 1.807) is 37.1 Å². The number of pyridine rings is 1. The van der Waals surface area contributed by atoms with Crippen molar-refractivity contribution < 1.29 is 14.3 Å². The summed E-state index contributed by atoms with van der Waals surface area (Å²) in [6, 6.07) is 3.02. The van der Waals surface area contributed by atoms with Gasteiger partial charge in [0.15, 0.2) is 0 Å². The minimum absolute atomic E-state index is 0.138. The fourth-order valence-corrected chi connectivity index (χ4v) is 2.36. The van der Waals surface area contributed by atoms with Gasteiger partial charge in [-0.1, -0.05) is 0 Å². The molecule has 1 aromatic heterocycles. The number of carbonyl (C=O) groups is 2. The van der Waals surface area contributed by atoms with Crippen molar-refractivity contribution >= 4 is 11.9 Å². The second-order valence-electron chi connectivity index (χ2n) is 4.54. The highest BCUT2D eigenvalue weighted by Crippen LogP contribution is 2.22. The zero-order valence-electron chi connectivity index (χ0n) is 11.3. The van der Waals surface area contributed by atoms with Crippen LogP contribution in [0.4, 0.5) is 0 Å². The van der Waals surface area contributed by atoms with Gasteiger partial charge in [-0.2, -0.15) is 0 Å². The maximum atomic E-state index is 12.5. The average molecular weight is 262 g/mol. The van der Waals surface area contributed by atoms with E-state index in [4.69, 9.17) is 4.74 Å². The zero-order chi connectivity index (χ0) is 13.8. The Bertz CT molecular complexity index is 487. The van der Waals surface area contributed by atoms with E-state index in [1.165, 1.54) is 0 Å². The van der Waals surface area contributed by atoms with Crippen LogP contribution in [-0.4, -0.2) is 41.0 Å². The number of hydrogen-bond donors (Lipinski definition) is 0. The molecule has 5 nitrogen and oxygen atoms in total. The van der Waals surface area contributed by atoms with Crippen molar-refractivity contribution in [3.05, 3.63) is 29.6 Å². The first-order chi connectivity index (χ1) is 9.15. The zero-order valence-corrected chi connectivity index (χ0v) is 11.3. The lowest BCUT2D eigenvalue weighted by Gasteiger charge is -2.23. The number of hydrogen-bond acceptors (Lipinski definition) is 4. The molecule has 1 fully saturated rings. The highest BCUT2D eigenvalue weighted by molar-refractivity contribution is 5.97. The smallest absolute Gasteiger partial charge is 0.328 e. The third kappa shape index (κ3) is 2.75. The Kier molecular flexibility index (Phi) is 4.14. The summed E-state index contributed by atoms with van der Waals surface area (Å²) >= 11 is 0. The topological polar surface area (TPSA) is 59.5 Å². The van der Waals surface area contributed by atoms with E-state index in [-0.39, 0.29) is 11.9 Å². The Morgan fingerprint density at radius 1 is 1.53 bits per heavy atom. The summed E-state index contributed by atoms with van der Waals surface area (Å²) in [6.45, 7) is 4.49. The molecule has 5 heteroatoms. The van der Waals surface area contributed by atoms with Gasteiger partial charge in [0.1, 0.15) is 6.04 Å². The molecule has 0 radical (unpaired) electrons. The molecule has 1 aliphatic heterocycles. The third-order valence-corrected chi connectivity index (χ3v) is 3.31. The highest BCUT2D eigenvalue weighted by atomic mass is 16.5. The SMILES string of the molecule is CCOC(=O)C1CCCN1C(=O)c1cccnc1C. The fraction of sp³-hybridized carbons (Fsp3) is 0.500. The van der Waals surface area contributed by atoms with Crippen molar-refractivity contribution in [3.63, 3.8) is 0 Å². The minimum atomic E-state index is -0.452. The Balaban J connectivity index is 2.19. The second-order valence-corrected chi connectivity index (χ2v) is 4.54. The van der Waals surface area contributed by atoms with E-state index in [9.17, 15) is 9.59 Å². The summed E-state index contributed by atoms with van der Waals surface area (Å²) in [5, 5.41) is 0. The van der Waals surface area contributed by atoms with Crippen LogP contribution < -0.4 is 0 Å². The standard InChI is InChI=1S/C14H18N2O3/c1-3-19-14(18)12-7-5-9-16(12)13(17)11-6-4-8-15-10(11)2/h4,6,8,12H,3,5,7,9H2,1-2H3. The summed E-state index contributed by atoms with van der Waals surface area (Å²) < 4.78 is 5.02. The molecule has 1 amide bonds. The molecule has 1 aromatic rings. The average Bonchev–Trinajstić information content (AvgIpc) is 2.88. The third-order valence-electron chi connectivity index (χ3n) is 3.31. The van der Waals surface area contributed by atoms with Gasteiger partial charge in [0.05, 0.1) is 12.2 Å². The van der Waals surface area contributed by atoms with Crippen LogP contribution in [0.25, 0.3) is 0 Å². The number of ether oxygens (including phenoxy) is 1. The van der Waals surface area contributed by atoms with Gasteiger partial charge in [0.25, 0.3) is 5.91 Å². The second kappa shape index (κ2) is 5.82. The molecule has 0 aromatic carbocycles. The van der Waals surface area contributed by atoms with Crippen LogP contribution in [0, 0.1) is 6.92 Å². The van der Waals surface area contributed by atoms with Crippen LogP contribution in [0.2, 0.25) is 0 Å². The van der Waals surface area contributed by atoms with E-state index >= 15 is 0 Å². The maximum Gasteiger partial charge on any atom is 0.328 e. The van der Waals surface area contributed by atoms with Gasteiger partial charge in [0.2, 0.25) is 0 Å². The lowest BCUT2D eigenvalue weighted by molar-refractivity contribution is -0.147. The quantitative estimate of drug-likeness (QED) is 0.776.